The molecule has 1 N–H and O–H groups in total. The molecular formula is C16H22N4O2S. The van der Waals surface area contributed by atoms with Gasteiger partial charge in [0.2, 0.25) is 5.91 Å². The van der Waals surface area contributed by atoms with Crippen LogP contribution in [0.5, 0.6) is 0 Å². The van der Waals surface area contributed by atoms with Gasteiger partial charge in [0.25, 0.3) is 0 Å². The van der Waals surface area contributed by atoms with Gasteiger partial charge in [-0.15, -0.1) is 10.2 Å². The van der Waals surface area contributed by atoms with Crippen LogP contribution in [0, 0.1) is 5.92 Å². The maximum atomic E-state index is 12.2. The number of nitrogens with one attached hydrogen (secondary N) is 1. The largest absolute Gasteiger partial charge is 0.467 e. The standard InChI is InChI=1S/C16H22N4O2S/c1-12-5-2-3-7-14(12)18-15(21)10-23-16-19-17-11-20(16)9-13-6-4-8-22-13/h4,6,8,11-12,14H,2-3,5,7,9-10H2,1H3,(H,18,21). The van der Waals surface area contributed by atoms with E-state index in [1.54, 1.807) is 12.6 Å². The molecule has 1 fully saturated rings. The highest BCUT2D eigenvalue weighted by atomic mass is 32.2. The summed E-state index contributed by atoms with van der Waals surface area (Å²) in [4.78, 5) is 12.2. The number of furan rings is 1. The molecule has 2 heterocycles. The van der Waals surface area contributed by atoms with Gasteiger partial charge in [-0.25, -0.2) is 0 Å². The number of carbonyl (C=O) groups is 1. The van der Waals surface area contributed by atoms with Crippen LogP contribution in [0.4, 0.5) is 0 Å². The van der Waals surface area contributed by atoms with Crippen molar-refractivity contribution in [2.45, 2.75) is 50.4 Å². The molecule has 0 aliphatic heterocycles. The molecule has 1 amide bonds. The van der Waals surface area contributed by atoms with Crippen molar-refractivity contribution in [1.29, 1.82) is 0 Å². The van der Waals surface area contributed by atoms with Gasteiger partial charge >= 0.3 is 0 Å². The van der Waals surface area contributed by atoms with Crippen molar-refractivity contribution in [3.63, 3.8) is 0 Å². The monoisotopic (exact) mass is 334 g/mol. The molecule has 124 valence electrons. The van der Waals surface area contributed by atoms with Gasteiger partial charge in [0.15, 0.2) is 5.16 Å². The summed E-state index contributed by atoms with van der Waals surface area (Å²) < 4.78 is 7.22. The molecule has 23 heavy (non-hydrogen) atoms. The fraction of sp³-hybridized carbons (Fsp3) is 0.562. The highest BCUT2D eigenvalue weighted by Gasteiger charge is 2.22. The minimum absolute atomic E-state index is 0.0706. The summed E-state index contributed by atoms with van der Waals surface area (Å²) in [5.74, 6) is 1.84. The maximum Gasteiger partial charge on any atom is 0.230 e. The van der Waals surface area contributed by atoms with E-state index in [4.69, 9.17) is 4.42 Å². The van der Waals surface area contributed by atoms with Crippen LogP contribution < -0.4 is 5.32 Å². The lowest BCUT2D eigenvalue weighted by Gasteiger charge is -2.29. The van der Waals surface area contributed by atoms with Gasteiger partial charge in [0.05, 0.1) is 18.6 Å². The average Bonchev–Trinajstić information content (AvgIpc) is 3.20. The second-order valence-electron chi connectivity index (χ2n) is 6.05. The van der Waals surface area contributed by atoms with Gasteiger partial charge in [0.1, 0.15) is 12.1 Å². The molecule has 2 unspecified atom stereocenters. The minimum atomic E-state index is 0.0706. The molecule has 2 aromatic heterocycles. The molecule has 0 saturated heterocycles. The SMILES string of the molecule is CC1CCCCC1NC(=O)CSc1nncn1Cc1ccco1. The van der Waals surface area contributed by atoms with Crippen LogP contribution in [0.1, 0.15) is 38.4 Å². The first kappa shape index (κ1) is 16.1. The van der Waals surface area contributed by atoms with E-state index in [1.165, 1.54) is 31.0 Å². The molecule has 0 bridgehead atoms. The first-order chi connectivity index (χ1) is 11.2. The summed E-state index contributed by atoms with van der Waals surface area (Å²) in [5, 5.41) is 11.9. The number of thioether (sulfide) groups is 1. The average molecular weight is 334 g/mol. The summed E-state index contributed by atoms with van der Waals surface area (Å²) in [5.41, 5.74) is 0. The zero-order valence-electron chi connectivity index (χ0n) is 13.3. The molecule has 0 aromatic carbocycles. The second kappa shape index (κ2) is 7.68. The molecule has 1 saturated carbocycles. The Kier molecular flexibility index (Phi) is 5.38. The molecular weight excluding hydrogens is 312 g/mol. The summed E-state index contributed by atoms with van der Waals surface area (Å²) in [7, 11) is 0. The van der Waals surface area contributed by atoms with Crippen LogP contribution in [0.15, 0.2) is 34.3 Å². The van der Waals surface area contributed by atoms with Crippen molar-refractivity contribution >= 4 is 17.7 Å². The Hall–Kier alpha value is -1.76. The molecule has 0 radical (unpaired) electrons. The maximum absolute atomic E-state index is 12.2. The quantitative estimate of drug-likeness (QED) is 0.822. The Morgan fingerprint density at radius 1 is 1.48 bits per heavy atom. The fourth-order valence-electron chi connectivity index (χ4n) is 2.94. The third-order valence-electron chi connectivity index (χ3n) is 4.28. The Morgan fingerprint density at radius 2 is 2.35 bits per heavy atom. The predicted octanol–water partition coefficient (Wildman–Crippen LogP) is 2.71. The van der Waals surface area contributed by atoms with E-state index >= 15 is 0 Å². The van der Waals surface area contributed by atoms with Crippen molar-refractivity contribution in [3.8, 4) is 0 Å². The zero-order chi connectivity index (χ0) is 16.1. The van der Waals surface area contributed by atoms with Gasteiger partial charge in [-0.3, -0.25) is 4.79 Å². The zero-order valence-corrected chi connectivity index (χ0v) is 14.1. The molecule has 0 spiro atoms. The van der Waals surface area contributed by atoms with E-state index < -0.39 is 0 Å². The molecule has 1 aliphatic carbocycles. The van der Waals surface area contributed by atoms with Crippen molar-refractivity contribution < 1.29 is 9.21 Å². The van der Waals surface area contributed by atoms with E-state index in [0.717, 1.165) is 17.3 Å². The van der Waals surface area contributed by atoms with Gasteiger partial charge in [-0.2, -0.15) is 0 Å². The molecule has 2 aromatic rings. The van der Waals surface area contributed by atoms with E-state index in [1.807, 2.05) is 16.7 Å². The van der Waals surface area contributed by atoms with Crippen LogP contribution in [-0.2, 0) is 11.3 Å². The Labute approximate surface area is 140 Å². The van der Waals surface area contributed by atoms with Gasteiger partial charge < -0.3 is 14.3 Å². The Morgan fingerprint density at radius 3 is 3.13 bits per heavy atom. The van der Waals surface area contributed by atoms with Gasteiger partial charge in [-0.1, -0.05) is 31.5 Å². The number of hydrogen-bond donors (Lipinski definition) is 1. The number of carbonyl (C=O) groups excluding carboxylic acids is 1. The lowest BCUT2D eigenvalue weighted by Crippen LogP contribution is -2.41. The number of hydrogen-bond acceptors (Lipinski definition) is 5. The number of amides is 1. The molecule has 2 atom stereocenters. The van der Waals surface area contributed by atoms with Crippen molar-refractivity contribution in [2.24, 2.45) is 5.92 Å². The van der Waals surface area contributed by atoms with Crippen LogP contribution in [-0.4, -0.2) is 32.5 Å². The Balaban J connectivity index is 1.50. The topological polar surface area (TPSA) is 73.0 Å². The Bertz CT molecular complexity index is 626. The normalized spacial score (nSPS) is 21.3. The lowest BCUT2D eigenvalue weighted by molar-refractivity contribution is -0.119. The van der Waals surface area contributed by atoms with Crippen molar-refractivity contribution in [2.75, 3.05) is 5.75 Å². The van der Waals surface area contributed by atoms with Crippen LogP contribution in [0.2, 0.25) is 0 Å². The first-order valence-corrected chi connectivity index (χ1v) is 9.03. The summed E-state index contributed by atoms with van der Waals surface area (Å²) in [6, 6.07) is 4.08. The van der Waals surface area contributed by atoms with E-state index in [-0.39, 0.29) is 5.91 Å². The van der Waals surface area contributed by atoms with Crippen LogP contribution in [0.3, 0.4) is 0 Å². The first-order valence-electron chi connectivity index (χ1n) is 8.04. The number of rotatable bonds is 6. The number of nitrogens with zero attached hydrogens (tertiary/aromatic N) is 3. The third-order valence-corrected chi connectivity index (χ3v) is 5.26. The van der Waals surface area contributed by atoms with Crippen LogP contribution in [0.25, 0.3) is 0 Å². The molecule has 1 aliphatic rings. The van der Waals surface area contributed by atoms with Crippen LogP contribution >= 0.6 is 11.8 Å². The van der Waals surface area contributed by atoms with E-state index in [0.29, 0.717) is 24.3 Å². The summed E-state index contributed by atoms with van der Waals surface area (Å²) in [6.07, 6.45) is 8.08. The lowest BCUT2D eigenvalue weighted by atomic mass is 9.86. The van der Waals surface area contributed by atoms with E-state index in [9.17, 15) is 4.79 Å². The summed E-state index contributed by atoms with van der Waals surface area (Å²) in [6.45, 7) is 2.79. The van der Waals surface area contributed by atoms with Crippen molar-refractivity contribution in [1.82, 2.24) is 20.1 Å². The highest BCUT2D eigenvalue weighted by Crippen LogP contribution is 2.24. The second-order valence-corrected chi connectivity index (χ2v) is 6.99. The van der Waals surface area contributed by atoms with E-state index in [2.05, 4.69) is 22.4 Å². The smallest absolute Gasteiger partial charge is 0.230 e. The molecule has 3 rings (SSSR count). The molecule has 7 heteroatoms. The highest BCUT2D eigenvalue weighted by molar-refractivity contribution is 7.99. The molecule has 6 nitrogen and oxygen atoms in total. The fourth-order valence-corrected chi connectivity index (χ4v) is 3.67. The van der Waals surface area contributed by atoms with Gasteiger partial charge in [-0.05, 0) is 30.9 Å². The third kappa shape index (κ3) is 4.37. The number of aromatic nitrogens is 3. The minimum Gasteiger partial charge on any atom is -0.467 e. The van der Waals surface area contributed by atoms with Gasteiger partial charge in [0, 0.05) is 6.04 Å². The van der Waals surface area contributed by atoms with Crippen molar-refractivity contribution in [3.05, 3.63) is 30.5 Å². The predicted molar refractivity (Wildman–Crippen MR) is 88.1 cm³/mol. The summed E-state index contributed by atoms with van der Waals surface area (Å²) >= 11 is 1.41.